The molecule has 20 heavy (non-hydrogen) atoms. The van der Waals surface area contributed by atoms with E-state index in [1.807, 2.05) is 6.92 Å². The van der Waals surface area contributed by atoms with Crippen LogP contribution in [0, 0.1) is 5.82 Å². The number of likely N-dealkylation sites (N-methyl/N-ethyl adjacent to an activating group) is 1. The highest BCUT2D eigenvalue weighted by molar-refractivity contribution is 5.85. The lowest BCUT2D eigenvalue weighted by atomic mass is 10.3. The molecular weight excluding hydrogens is 263 g/mol. The second-order valence-corrected chi connectivity index (χ2v) is 4.34. The number of hydrogen-bond acceptors (Lipinski definition) is 3. The standard InChI is InChI=1S/C14H19FN2O3/c1-3-8-16-13(18)9-17(2)14(19)10-20-12-6-4-11(15)5-7-12/h4-7H,3,8-10H2,1-2H3,(H,16,18). The molecule has 0 unspecified atom stereocenters. The minimum absolute atomic E-state index is 0.00832. The average molecular weight is 282 g/mol. The molecule has 6 heteroatoms. The quantitative estimate of drug-likeness (QED) is 0.817. The summed E-state index contributed by atoms with van der Waals surface area (Å²) in [6.07, 6.45) is 0.844. The van der Waals surface area contributed by atoms with Gasteiger partial charge in [0.05, 0.1) is 6.54 Å². The molecule has 5 nitrogen and oxygen atoms in total. The topological polar surface area (TPSA) is 58.6 Å². The molecular formula is C14H19FN2O3. The van der Waals surface area contributed by atoms with Crippen molar-refractivity contribution in [2.24, 2.45) is 0 Å². The van der Waals surface area contributed by atoms with Gasteiger partial charge < -0.3 is 15.0 Å². The maximum absolute atomic E-state index is 12.7. The molecule has 0 radical (unpaired) electrons. The number of ether oxygens (including phenoxy) is 1. The summed E-state index contributed by atoms with van der Waals surface area (Å²) in [5.74, 6) is -0.484. The molecule has 0 fully saturated rings. The number of nitrogens with one attached hydrogen (secondary N) is 1. The molecule has 0 atom stereocenters. The molecule has 0 aromatic heterocycles. The highest BCUT2D eigenvalue weighted by Gasteiger charge is 2.13. The zero-order valence-corrected chi connectivity index (χ0v) is 11.7. The van der Waals surface area contributed by atoms with Gasteiger partial charge in [-0.25, -0.2) is 4.39 Å². The molecule has 110 valence electrons. The fourth-order valence-electron chi connectivity index (χ4n) is 1.41. The van der Waals surface area contributed by atoms with E-state index in [4.69, 9.17) is 4.74 Å². The third-order valence-corrected chi connectivity index (χ3v) is 2.55. The molecule has 0 heterocycles. The smallest absolute Gasteiger partial charge is 0.260 e. The van der Waals surface area contributed by atoms with Crippen molar-refractivity contribution in [2.45, 2.75) is 13.3 Å². The van der Waals surface area contributed by atoms with Crippen molar-refractivity contribution in [1.82, 2.24) is 10.2 Å². The first-order chi connectivity index (χ1) is 9.52. The van der Waals surface area contributed by atoms with Gasteiger partial charge in [0.25, 0.3) is 5.91 Å². The van der Waals surface area contributed by atoms with Crippen LogP contribution in [0.4, 0.5) is 4.39 Å². The van der Waals surface area contributed by atoms with E-state index < -0.39 is 0 Å². The van der Waals surface area contributed by atoms with Crippen LogP contribution in [0.15, 0.2) is 24.3 Å². The number of hydrogen-bond donors (Lipinski definition) is 1. The van der Waals surface area contributed by atoms with Crippen molar-refractivity contribution < 1.29 is 18.7 Å². The normalized spacial score (nSPS) is 9.95. The Morgan fingerprint density at radius 1 is 1.30 bits per heavy atom. The number of rotatable bonds is 7. The summed E-state index contributed by atoms with van der Waals surface area (Å²) >= 11 is 0. The van der Waals surface area contributed by atoms with Crippen LogP contribution in [0.5, 0.6) is 5.75 Å². The summed E-state index contributed by atoms with van der Waals surface area (Å²) in [4.78, 5) is 24.5. The Kier molecular flexibility index (Phi) is 6.49. The molecule has 1 rings (SSSR count). The molecule has 1 N–H and O–H groups in total. The van der Waals surface area contributed by atoms with E-state index in [1.54, 1.807) is 0 Å². The maximum atomic E-state index is 12.7. The Morgan fingerprint density at radius 3 is 2.55 bits per heavy atom. The lowest BCUT2D eigenvalue weighted by Gasteiger charge is -2.17. The fourth-order valence-corrected chi connectivity index (χ4v) is 1.41. The van der Waals surface area contributed by atoms with Gasteiger partial charge in [0.1, 0.15) is 11.6 Å². The van der Waals surface area contributed by atoms with Gasteiger partial charge in [0, 0.05) is 13.6 Å². The number of nitrogens with zero attached hydrogens (tertiary/aromatic N) is 1. The molecule has 1 aromatic rings. The molecule has 0 spiro atoms. The van der Waals surface area contributed by atoms with E-state index in [-0.39, 0.29) is 30.8 Å². The van der Waals surface area contributed by atoms with Crippen LogP contribution >= 0.6 is 0 Å². The van der Waals surface area contributed by atoms with E-state index in [0.717, 1.165) is 6.42 Å². The summed E-state index contributed by atoms with van der Waals surface area (Å²) in [6, 6.07) is 5.39. The van der Waals surface area contributed by atoms with Crippen molar-refractivity contribution >= 4 is 11.8 Å². The number of benzene rings is 1. The summed E-state index contributed by atoms with van der Waals surface area (Å²) < 4.78 is 17.9. The Balaban J connectivity index is 2.34. The monoisotopic (exact) mass is 282 g/mol. The van der Waals surface area contributed by atoms with Gasteiger partial charge in [-0.2, -0.15) is 0 Å². The summed E-state index contributed by atoms with van der Waals surface area (Å²) in [6.45, 7) is 2.34. The van der Waals surface area contributed by atoms with Crippen LogP contribution in [0.25, 0.3) is 0 Å². The van der Waals surface area contributed by atoms with Crippen LogP contribution in [-0.4, -0.2) is 43.5 Å². The predicted octanol–water partition coefficient (Wildman–Crippen LogP) is 1.19. The maximum Gasteiger partial charge on any atom is 0.260 e. The zero-order valence-electron chi connectivity index (χ0n) is 11.7. The molecule has 0 saturated carbocycles. The first-order valence-electron chi connectivity index (χ1n) is 6.42. The van der Waals surface area contributed by atoms with E-state index in [2.05, 4.69) is 5.32 Å². The minimum atomic E-state index is -0.367. The van der Waals surface area contributed by atoms with Gasteiger partial charge in [0.2, 0.25) is 5.91 Å². The first kappa shape index (κ1) is 15.9. The third kappa shape index (κ3) is 5.69. The third-order valence-electron chi connectivity index (χ3n) is 2.55. The molecule has 0 aliphatic rings. The highest BCUT2D eigenvalue weighted by atomic mass is 19.1. The van der Waals surface area contributed by atoms with E-state index >= 15 is 0 Å². The van der Waals surface area contributed by atoms with Crippen LogP contribution < -0.4 is 10.1 Å². The second kappa shape index (κ2) is 8.14. The molecule has 0 aliphatic carbocycles. The second-order valence-electron chi connectivity index (χ2n) is 4.34. The first-order valence-corrected chi connectivity index (χ1v) is 6.42. The van der Waals surface area contributed by atoms with Crippen LogP contribution in [-0.2, 0) is 9.59 Å². The molecule has 0 saturated heterocycles. The zero-order chi connectivity index (χ0) is 15.0. The van der Waals surface area contributed by atoms with Crippen molar-refractivity contribution in [2.75, 3.05) is 26.7 Å². The van der Waals surface area contributed by atoms with Gasteiger partial charge in [-0.05, 0) is 30.7 Å². The lowest BCUT2D eigenvalue weighted by Crippen LogP contribution is -2.40. The Bertz CT molecular complexity index is 448. The molecule has 1 aromatic carbocycles. The van der Waals surface area contributed by atoms with Crippen LogP contribution in [0.3, 0.4) is 0 Å². The van der Waals surface area contributed by atoms with Crippen molar-refractivity contribution in [3.05, 3.63) is 30.1 Å². The van der Waals surface area contributed by atoms with E-state index in [0.29, 0.717) is 12.3 Å². The molecule has 0 aliphatic heterocycles. The fraction of sp³-hybridized carbons (Fsp3) is 0.429. The summed E-state index contributed by atoms with van der Waals surface area (Å²) in [5, 5.41) is 2.68. The van der Waals surface area contributed by atoms with E-state index in [9.17, 15) is 14.0 Å². The van der Waals surface area contributed by atoms with Crippen LogP contribution in [0.1, 0.15) is 13.3 Å². The average Bonchev–Trinajstić information content (AvgIpc) is 2.44. The van der Waals surface area contributed by atoms with Crippen molar-refractivity contribution in [3.63, 3.8) is 0 Å². The lowest BCUT2D eigenvalue weighted by molar-refractivity contribution is -0.136. The Morgan fingerprint density at radius 2 is 1.95 bits per heavy atom. The highest BCUT2D eigenvalue weighted by Crippen LogP contribution is 2.10. The number of halogens is 1. The number of amides is 2. The van der Waals surface area contributed by atoms with Crippen molar-refractivity contribution in [1.29, 1.82) is 0 Å². The van der Waals surface area contributed by atoms with E-state index in [1.165, 1.54) is 36.2 Å². The SMILES string of the molecule is CCCNC(=O)CN(C)C(=O)COc1ccc(F)cc1. The van der Waals surface area contributed by atoms with Gasteiger partial charge in [-0.15, -0.1) is 0 Å². The largest absolute Gasteiger partial charge is 0.484 e. The number of carbonyl (C=O) groups is 2. The summed E-state index contributed by atoms with van der Waals surface area (Å²) in [7, 11) is 1.53. The van der Waals surface area contributed by atoms with Gasteiger partial charge in [-0.1, -0.05) is 6.92 Å². The predicted molar refractivity (Wildman–Crippen MR) is 72.8 cm³/mol. The summed E-state index contributed by atoms with van der Waals surface area (Å²) in [5.41, 5.74) is 0. The van der Waals surface area contributed by atoms with Crippen molar-refractivity contribution in [3.8, 4) is 5.75 Å². The minimum Gasteiger partial charge on any atom is -0.484 e. The van der Waals surface area contributed by atoms with Gasteiger partial charge in [-0.3, -0.25) is 9.59 Å². The Hall–Kier alpha value is -2.11. The number of carbonyl (C=O) groups excluding carboxylic acids is 2. The van der Waals surface area contributed by atoms with Gasteiger partial charge >= 0.3 is 0 Å². The van der Waals surface area contributed by atoms with Gasteiger partial charge in [0.15, 0.2) is 6.61 Å². The molecule has 0 bridgehead atoms. The molecule has 2 amide bonds. The Labute approximate surface area is 117 Å². The van der Waals surface area contributed by atoms with Crippen LogP contribution in [0.2, 0.25) is 0 Å².